The van der Waals surface area contributed by atoms with Crippen LogP contribution in [0.15, 0.2) is 12.1 Å². The van der Waals surface area contributed by atoms with E-state index in [4.69, 9.17) is 0 Å². The van der Waals surface area contributed by atoms with Crippen molar-refractivity contribution in [3.8, 4) is 0 Å². The van der Waals surface area contributed by atoms with Gasteiger partial charge in [0.2, 0.25) is 5.91 Å². The third kappa shape index (κ3) is 2.11. The number of amides is 1. The SMILES string of the molecule is Cc1ccc2n1CCN(C(=O)C1(C(C)C)CCNC1)C2C. The van der Waals surface area contributed by atoms with Crippen molar-refractivity contribution in [3.63, 3.8) is 0 Å². The number of carbonyl (C=O) groups is 1. The Morgan fingerprint density at radius 1 is 1.38 bits per heavy atom. The quantitative estimate of drug-likeness (QED) is 0.907. The second kappa shape index (κ2) is 5.16. The average Bonchev–Trinajstić information content (AvgIpc) is 3.07. The first kappa shape index (κ1) is 14.6. The van der Waals surface area contributed by atoms with Crippen molar-refractivity contribution in [2.45, 2.75) is 46.7 Å². The molecule has 0 spiro atoms. The van der Waals surface area contributed by atoms with Gasteiger partial charge >= 0.3 is 0 Å². The Morgan fingerprint density at radius 2 is 2.14 bits per heavy atom. The highest BCUT2D eigenvalue weighted by atomic mass is 16.2. The van der Waals surface area contributed by atoms with Crippen molar-refractivity contribution in [1.82, 2.24) is 14.8 Å². The third-order valence-electron chi connectivity index (χ3n) is 5.67. The summed E-state index contributed by atoms with van der Waals surface area (Å²) in [4.78, 5) is 15.4. The van der Waals surface area contributed by atoms with Crippen LogP contribution in [0.5, 0.6) is 0 Å². The van der Waals surface area contributed by atoms with E-state index in [0.717, 1.165) is 32.6 Å². The van der Waals surface area contributed by atoms with Crippen LogP contribution in [0.25, 0.3) is 0 Å². The monoisotopic (exact) mass is 289 g/mol. The minimum Gasteiger partial charge on any atom is -0.345 e. The Bertz CT molecular complexity index is 540. The van der Waals surface area contributed by atoms with Crippen LogP contribution in [-0.2, 0) is 11.3 Å². The van der Waals surface area contributed by atoms with Gasteiger partial charge in [0.25, 0.3) is 0 Å². The lowest BCUT2D eigenvalue weighted by Crippen LogP contribution is -2.51. The second-order valence-corrected chi connectivity index (χ2v) is 6.96. The smallest absolute Gasteiger partial charge is 0.231 e. The van der Waals surface area contributed by atoms with Gasteiger partial charge in [0.05, 0.1) is 11.5 Å². The molecule has 0 aromatic carbocycles. The molecule has 21 heavy (non-hydrogen) atoms. The van der Waals surface area contributed by atoms with E-state index in [9.17, 15) is 4.79 Å². The minimum absolute atomic E-state index is 0.177. The zero-order chi connectivity index (χ0) is 15.2. The predicted octanol–water partition coefficient (Wildman–Crippen LogP) is 2.34. The van der Waals surface area contributed by atoms with Crippen molar-refractivity contribution in [2.24, 2.45) is 11.3 Å². The molecule has 116 valence electrons. The molecule has 1 N–H and O–H groups in total. The number of aryl methyl sites for hydroxylation is 1. The first-order valence-corrected chi connectivity index (χ1v) is 8.15. The first-order valence-electron chi connectivity index (χ1n) is 8.15. The number of hydrogen-bond acceptors (Lipinski definition) is 2. The molecule has 1 fully saturated rings. The van der Waals surface area contributed by atoms with E-state index in [2.05, 4.69) is 54.6 Å². The zero-order valence-electron chi connectivity index (χ0n) is 13.6. The van der Waals surface area contributed by atoms with Gasteiger partial charge in [-0.05, 0) is 44.9 Å². The van der Waals surface area contributed by atoms with Gasteiger partial charge in [0.15, 0.2) is 0 Å². The van der Waals surface area contributed by atoms with Crippen LogP contribution >= 0.6 is 0 Å². The highest BCUT2D eigenvalue weighted by Gasteiger charge is 2.47. The van der Waals surface area contributed by atoms with E-state index in [1.807, 2.05) is 0 Å². The van der Waals surface area contributed by atoms with Crippen LogP contribution in [0, 0.1) is 18.3 Å². The van der Waals surface area contributed by atoms with E-state index in [0.29, 0.717) is 11.8 Å². The molecule has 0 bridgehead atoms. The molecular formula is C17H27N3O. The predicted molar refractivity (Wildman–Crippen MR) is 84.1 cm³/mol. The van der Waals surface area contributed by atoms with Gasteiger partial charge in [-0.3, -0.25) is 4.79 Å². The molecule has 1 saturated heterocycles. The van der Waals surface area contributed by atoms with Gasteiger partial charge in [-0.1, -0.05) is 13.8 Å². The van der Waals surface area contributed by atoms with E-state index in [1.165, 1.54) is 11.4 Å². The lowest BCUT2D eigenvalue weighted by atomic mass is 9.75. The van der Waals surface area contributed by atoms with Crippen molar-refractivity contribution in [2.75, 3.05) is 19.6 Å². The summed E-state index contributed by atoms with van der Waals surface area (Å²) in [5, 5.41) is 3.40. The normalized spacial score (nSPS) is 29.0. The van der Waals surface area contributed by atoms with Gasteiger partial charge in [0.1, 0.15) is 0 Å². The van der Waals surface area contributed by atoms with Gasteiger partial charge in [0, 0.05) is 31.0 Å². The molecule has 2 aliphatic rings. The van der Waals surface area contributed by atoms with E-state index < -0.39 is 0 Å². The molecule has 2 aliphatic heterocycles. The Kier molecular flexibility index (Phi) is 3.60. The molecule has 2 unspecified atom stereocenters. The summed E-state index contributed by atoms with van der Waals surface area (Å²) >= 11 is 0. The molecule has 0 radical (unpaired) electrons. The summed E-state index contributed by atoms with van der Waals surface area (Å²) in [6.07, 6.45) is 0.965. The molecule has 2 atom stereocenters. The fraction of sp³-hybridized carbons (Fsp3) is 0.706. The van der Waals surface area contributed by atoms with Crippen LogP contribution in [-0.4, -0.2) is 35.0 Å². The van der Waals surface area contributed by atoms with Crippen molar-refractivity contribution < 1.29 is 4.79 Å². The van der Waals surface area contributed by atoms with Gasteiger partial charge in [-0.25, -0.2) is 0 Å². The lowest BCUT2D eigenvalue weighted by Gasteiger charge is -2.42. The number of carbonyl (C=O) groups excluding carboxylic acids is 1. The highest BCUT2D eigenvalue weighted by Crippen LogP contribution is 2.39. The van der Waals surface area contributed by atoms with E-state index in [-0.39, 0.29) is 11.5 Å². The minimum atomic E-state index is -0.210. The average molecular weight is 289 g/mol. The highest BCUT2D eigenvalue weighted by molar-refractivity contribution is 5.84. The number of aromatic nitrogens is 1. The summed E-state index contributed by atoms with van der Waals surface area (Å²) in [5.74, 6) is 0.725. The van der Waals surface area contributed by atoms with E-state index in [1.54, 1.807) is 0 Å². The molecule has 4 nitrogen and oxygen atoms in total. The maximum Gasteiger partial charge on any atom is 0.231 e. The number of nitrogens with one attached hydrogen (secondary N) is 1. The standard InChI is InChI=1S/C17H27N3O/c1-12(2)17(7-8-18-11-17)16(21)20-10-9-19-13(3)5-6-15(19)14(20)4/h5-6,12,14,18H,7-11H2,1-4H3. The van der Waals surface area contributed by atoms with Gasteiger partial charge < -0.3 is 14.8 Å². The van der Waals surface area contributed by atoms with Crippen LogP contribution < -0.4 is 5.32 Å². The third-order valence-corrected chi connectivity index (χ3v) is 5.67. The van der Waals surface area contributed by atoms with Crippen molar-refractivity contribution in [3.05, 3.63) is 23.5 Å². The molecule has 1 aromatic rings. The first-order chi connectivity index (χ1) is 9.97. The largest absolute Gasteiger partial charge is 0.345 e. The molecule has 3 heterocycles. The lowest BCUT2D eigenvalue weighted by molar-refractivity contribution is -0.147. The van der Waals surface area contributed by atoms with Crippen LogP contribution in [0.4, 0.5) is 0 Å². The summed E-state index contributed by atoms with van der Waals surface area (Å²) in [6.45, 7) is 12.2. The summed E-state index contributed by atoms with van der Waals surface area (Å²) in [6, 6.07) is 4.51. The van der Waals surface area contributed by atoms with Crippen LogP contribution in [0.1, 0.15) is 44.6 Å². The summed E-state index contributed by atoms with van der Waals surface area (Å²) in [5.41, 5.74) is 2.36. The Balaban J connectivity index is 1.89. The van der Waals surface area contributed by atoms with Crippen molar-refractivity contribution in [1.29, 1.82) is 0 Å². The number of rotatable bonds is 2. The van der Waals surface area contributed by atoms with Crippen molar-refractivity contribution >= 4 is 5.91 Å². The number of nitrogens with zero attached hydrogens (tertiary/aromatic N) is 2. The Labute approximate surface area is 127 Å². The molecule has 4 heteroatoms. The van der Waals surface area contributed by atoms with Crippen LogP contribution in [0.2, 0.25) is 0 Å². The topological polar surface area (TPSA) is 37.3 Å². The molecule has 3 rings (SSSR count). The molecule has 1 amide bonds. The zero-order valence-corrected chi connectivity index (χ0v) is 13.6. The molecule has 0 saturated carbocycles. The van der Waals surface area contributed by atoms with E-state index >= 15 is 0 Å². The molecule has 0 aliphatic carbocycles. The Hall–Kier alpha value is -1.29. The fourth-order valence-corrected chi connectivity index (χ4v) is 4.02. The number of hydrogen-bond donors (Lipinski definition) is 1. The van der Waals surface area contributed by atoms with Gasteiger partial charge in [-0.15, -0.1) is 0 Å². The van der Waals surface area contributed by atoms with Crippen LogP contribution in [0.3, 0.4) is 0 Å². The second-order valence-electron chi connectivity index (χ2n) is 6.96. The van der Waals surface area contributed by atoms with Gasteiger partial charge in [-0.2, -0.15) is 0 Å². The number of fused-ring (bicyclic) bond motifs is 1. The fourth-order valence-electron chi connectivity index (χ4n) is 4.02. The maximum absolute atomic E-state index is 13.3. The summed E-state index contributed by atoms with van der Waals surface area (Å²) < 4.78 is 2.35. The molecule has 1 aromatic heterocycles. The molecular weight excluding hydrogens is 262 g/mol. The maximum atomic E-state index is 13.3. The summed E-state index contributed by atoms with van der Waals surface area (Å²) in [7, 11) is 0. The Morgan fingerprint density at radius 3 is 2.76 bits per heavy atom.